The van der Waals surface area contributed by atoms with Gasteiger partial charge in [-0.2, -0.15) is 0 Å². The number of hydrogen-bond donors (Lipinski definition) is 4. The van der Waals surface area contributed by atoms with Crippen LogP contribution in [0.3, 0.4) is 0 Å². The van der Waals surface area contributed by atoms with E-state index in [0.717, 1.165) is 0 Å². The van der Waals surface area contributed by atoms with Crippen LogP contribution in [0.25, 0.3) is 10.9 Å². The second-order valence-electron chi connectivity index (χ2n) is 4.49. The number of carboxylic acids is 1. The van der Waals surface area contributed by atoms with Crippen LogP contribution in [0.4, 0.5) is 5.69 Å². The summed E-state index contributed by atoms with van der Waals surface area (Å²) in [7, 11) is 0. The Morgan fingerprint density at radius 2 is 2.20 bits per heavy atom. The lowest BCUT2D eigenvalue weighted by Crippen LogP contribution is -2.32. The van der Waals surface area contributed by atoms with Crippen molar-refractivity contribution in [1.29, 1.82) is 0 Å². The molecule has 8 nitrogen and oxygen atoms in total. The number of carbonyl (C=O) groups is 1. The number of phenols is 1. The Kier molecular flexibility index (Phi) is 3.33. The number of benzene rings is 1. The summed E-state index contributed by atoms with van der Waals surface area (Å²) in [4.78, 5) is 24.2. The van der Waals surface area contributed by atoms with Gasteiger partial charge < -0.3 is 20.9 Å². The normalized spacial score (nSPS) is 12.5. The SMILES string of the molecule is Cc1[nH]c2ccc(O)c([N+](=O)[O-])c2c1CC(N)C(=O)O. The van der Waals surface area contributed by atoms with E-state index in [1.54, 1.807) is 6.92 Å². The summed E-state index contributed by atoms with van der Waals surface area (Å²) in [5.74, 6) is -1.66. The monoisotopic (exact) mass is 279 g/mol. The first-order valence-electron chi connectivity index (χ1n) is 5.78. The molecular formula is C12H13N3O5. The number of phenolic OH excluding ortho intramolecular Hbond substituents is 1. The quantitative estimate of drug-likeness (QED) is 0.486. The van der Waals surface area contributed by atoms with Gasteiger partial charge in [0.25, 0.3) is 0 Å². The molecule has 1 atom stereocenters. The van der Waals surface area contributed by atoms with E-state index < -0.39 is 28.4 Å². The number of fused-ring (bicyclic) bond motifs is 1. The zero-order valence-corrected chi connectivity index (χ0v) is 10.6. The first-order valence-corrected chi connectivity index (χ1v) is 5.78. The smallest absolute Gasteiger partial charge is 0.320 e. The Morgan fingerprint density at radius 1 is 1.55 bits per heavy atom. The second-order valence-corrected chi connectivity index (χ2v) is 4.49. The number of aryl methyl sites for hydroxylation is 1. The molecule has 2 rings (SSSR count). The number of aromatic amines is 1. The number of H-pyrrole nitrogens is 1. The number of nitrogens with zero attached hydrogens (tertiary/aromatic N) is 1. The van der Waals surface area contributed by atoms with Crippen LogP contribution in [0, 0.1) is 17.0 Å². The average Bonchev–Trinajstić information content (AvgIpc) is 2.65. The minimum absolute atomic E-state index is 0.0640. The standard InChI is InChI=1S/C12H13N3O5/c1-5-6(4-7(13)12(17)18)10-8(14-5)2-3-9(16)11(10)15(19)20/h2-3,7,14,16H,4,13H2,1H3,(H,17,18). The number of hydrogen-bond acceptors (Lipinski definition) is 5. The fourth-order valence-corrected chi connectivity index (χ4v) is 2.20. The molecule has 2 aromatic rings. The molecule has 0 amide bonds. The number of aliphatic carboxylic acids is 1. The molecule has 0 aliphatic carbocycles. The van der Waals surface area contributed by atoms with Gasteiger partial charge in [-0.15, -0.1) is 0 Å². The van der Waals surface area contributed by atoms with Gasteiger partial charge in [-0.3, -0.25) is 14.9 Å². The summed E-state index contributed by atoms with van der Waals surface area (Å²) >= 11 is 0. The van der Waals surface area contributed by atoms with Gasteiger partial charge in [0.15, 0.2) is 5.75 Å². The minimum atomic E-state index is -1.19. The molecule has 1 aromatic heterocycles. The first-order chi connectivity index (χ1) is 9.32. The summed E-state index contributed by atoms with van der Waals surface area (Å²) < 4.78 is 0. The highest BCUT2D eigenvalue weighted by Crippen LogP contribution is 2.38. The third-order valence-corrected chi connectivity index (χ3v) is 3.16. The van der Waals surface area contributed by atoms with E-state index in [0.29, 0.717) is 16.8 Å². The molecule has 0 fully saturated rings. The van der Waals surface area contributed by atoms with Gasteiger partial charge >= 0.3 is 11.7 Å². The molecule has 0 aliphatic heterocycles. The number of rotatable bonds is 4. The molecule has 5 N–H and O–H groups in total. The highest BCUT2D eigenvalue weighted by Gasteiger charge is 2.26. The predicted octanol–water partition coefficient (Wildman–Crippen LogP) is 1.04. The van der Waals surface area contributed by atoms with E-state index in [1.165, 1.54) is 12.1 Å². The minimum Gasteiger partial charge on any atom is -0.502 e. The van der Waals surface area contributed by atoms with Crippen molar-refractivity contribution in [2.45, 2.75) is 19.4 Å². The number of nitrogens with one attached hydrogen (secondary N) is 1. The van der Waals surface area contributed by atoms with Gasteiger partial charge in [-0.25, -0.2) is 0 Å². The van der Waals surface area contributed by atoms with E-state index in [2.05, 4.69) is 4.98 Å². The zero-order chi connectivity index (χ0) is 15.0. The van der Waals surface area contributed by atoms with Crippen molar-refractivity contribution < 1.29 is 19.9 Å². The van der Waals surface area contributed by atoms with Crippen molar-refractivity contribution in [3.8, 4) is 5.75 Å². The lowest BCUT2D eigenvalue weighted by atomic mass is 10.0. The van der Waals surface area contributed by atoms with Crippen LogP contribution in [0.1, 0.15) is 11.3 Å². The first kappa shape index (κ1) is 13.8. The van der Waals surface area contributed by atoms with Crippen molar-refractivity contribution >= 4 is 22.6 Å². The van der Waals surface area contributed by atoms with E-state index >= 15 is 0 Å². The van der Waals surface area contributed by atoms with Crippen molar-refractivity contribution in [2.75, 3.05) is 0 Å². The fourth-order valence-electron chi connectivity index (χ4n) is 2.20. The number of aromatic hydroxyl groups is 1. The highest BCUT2D eigenvalue weighted by molar-refractivity contribution is 5.96. The Bertz CT molecular complexity index is 707. The second kappa shape index (κ2) is 4.82. The largest absolute Gasteiger partial charge is 0.502 e. The molecule has 106 valence electrons. The maximum Gasteiger partial charge on any atom is 0.320 e. The highest BCUT2D eigenvalue weighted by atomic mass is 16.6. The third-order valence-electron chi connectivity index (χ3n) is 3.16. The topological polar surface area (TPSA) is 142 Å². The average molecular weight is 279 g/mol. The summed E-state index contributed by atoms with van der Waals surface area (Å²) in [5, 5.41) is 29.8. The number of carboxylic acid groups (broad SMARTS) is 1. The Balaban J connectivity index is 2.70. The fraction of sp³-hybridized carbons (Fsp3) is 0.250. The number of nitrogens with two attached hydrogens (primary N) is 1. The van der Waals surface area contributed by atoms with E-state index in [9.17, 15) is 20.0 Å². The van der Waals surface area contributed by atoms with E-state index in [4.69, 9.17) is 10.8 Å². The van der Waals surface area contributed by atoms with E-state index in [-0.39, 0.29) is 11.8 Å². The van der Waals surface area contributed by atoms with Crippen molar-refractivity contribution in [3.05, 3.63) is 33.5 Å². The molecular weight excluding hydrogens is 266 g/mol. The van der Waals surface area contributed by atoms with Crippen LogP contribution in [0.2, 0.25) is 0 Å². The predicted molar refractivity (Wildman–Crippen MR) is 70.7 cm³/mol. The number of aromatic nitrogens is 1. The molecule has 20 heavy (non-hydrogen) atoms. The van der Waals surface area contributed by atoms with Gasteiger partial charge in [0.1, 0.15) is 6.04 Å². The molecule has 1 unspecified atom stereocenters. The van der Waals surface area contributed by atoms with Gasteiger partial charge in [-0.1, -0.05) is 0 Å². The zero-order valence-electron chi connectivity index (χ0n) is 10.6. The molecule has 1 heterocycles. The van der Waals surface area contributed by atoms with Gasteiger partial charge in [0, 0.05) is 12.1 Å². The van der Waals surface area contributed by atoms with Crippen molar-refractivity contribution in [1.82, 2.24) is 4.98 Å². The van der Waals surface area contributed by atoms with Crippen molar-refractivity contribution in [2.24, 2.45) is 5.73 Å². The molecule has 0 spiro atoms. The number of nitro benzene ring substituents is 1. The number of nitro groups is 1. The third kappa shape index (κ3) is 2.16. The Hall–Kier alpha value is -2.61. The summed E-state index contributed by atoms with van der Waals surface area (Å²) in [6.07, 6.45) is -0.0640. The molecule has 8 heteroatoms. The molecule has 0 saturated heterocycles. The molecule has 0 bridgehead atoms. The summed E-state index contributed by atoms with van der Waals surface area (Å²) in [6, 6.07) is 1.55. The van der Waals surface area contributed by atoms with Crippen LogP contribution in [0.5, 0.6) is 5.75 Å². The maximum atomic E-state index is 11.1. The summed E-state index contributed by atoms with van der Waals surface area (Å²) in [5.41, 5.74) is 6.52. The van der Waals surface area contributed by atoms with E-state index in [1.807, 2.05) is 0 Å². The molecule has 0 saturated carbocycles. The Labute approximate surface area is 113 Å². The van der Waals surface area contributed by atoms with Crippen LogP contribution < -0.4 is 5.73 Å². The van der Waals surface area contributed by atoms with Gasteiger partial charge in [0.05, 0.1) is 15.8 Å². The Morgan fingerprint density at radius 3 is 2.75 bits per heavy atom. The van der Waals surface area contributed by atoms with Crippen LogP contribution >= 0.6 is 0 Å². The summed E-state index contributed by atoms with van der Waals surface area (Å²) in [6.45, 7) is 1.67. The maximum absolute atomic E-state index is 11.1. The van der Waals surface area contributed by atoms with Crippen LogP contribution in [-0.4, -0.2) is 32.1 Å². The lowest BCUT2D eigenvalue weighted by Gasteiger charge is -2.07. The van der Waals surface area contributed by atoms with Gasteiger partial charge in [0.2, 0.25) is 0 Å². The van der Waals surface area contributed by atoms with Crippen LogP contribution in [0.15, 0.2) is 12.1 Å². The molecule has 1 aromatic carbocycles. The molecule has 0 aliphatic rings. The van der Waals surface area contributed by atoms with Gasteiger partial charge in [-0.05, 0) is 24.6 Å². The molecule has 0 radical (unpaired) electrons. The lowest BCUT2D eigenvalue weighted by molar-refractivity contribution is -0.384. The van der Waals surface area contributed by atoms with Crippen LogP contribution in [-0.2, 0) is 11.2 Å². The van der Waals surface area contributed by atoms with Crippen molar-refractivity contribution in [3.63, 3.8) is 0 Å².